The van der Waals surface area contributed by atoms with Gasteiger partial charge in [0.15, 0.2) is 5.03 Å². The van der Waals surface area contributed by atoms with Crippen LogP contribution in [-0.4, -0.2) is 41.4 Å². The Hall–Kier alpha value is -0.920. The third kappa shape index (κ3) is 2.11. The van der Waals surface area contributed by atoms with Gasteiger partial charge in [-0.25, -0.2) is 13.4 Å². The predicted molar refractivity (Wildman–Crippen MR) is 59.2 cm³/mol. The highest BCUT2D eigenvalue weighted by molar-refractivity contribution is 7.89. The molecule has 1 saturated heterocycles. The molecule has 1 aliphatic rings. The lowest BCUT2D eigenvalue weighted by Gasteiger charge is -2.29. The molecule has 1 fully saturated rings. The van der Waals surface area contributed by atoms with Crippen LogP contribution in [0.4, 0.5) is 0 Å². The molecule has 1 unspecified atom stereocenters. The largest absolute Gasteiger partial charge is 0.339 e. The highest BCUT2D eigenvalue weighted by atomic mass is 32.2. The maximum Gasteiger partial charge on any atom is 0.262 e. The minimum atomic E-state index is -3.45. The fraction of sp³-hybridized carbons (Fsp3) is 0.667. The highest BCUT2D eigenvalue weighted by Crippen LogP contribution is 2.18. The Kier molecular flexibility index (Phi) is 3.00. The van der Waals surface area contributed by atoms with Crippen molar-refractivity contribution in [3.05, 3.63) is 12.5 Å². The van der Waals surface area contributed by atoms with Gasteiger partial charge in [-0.3, -0.25) is 0 Å². The van der Waals surface area contributed by atoms with Gasteiger partial charge in [-0.15, -0.1) is 0 Å². The summed E-state index contributed by atoms with van der Waals surface area (Å²) < 4.78 is 27.3. The van der Waals surface area contributed by atoms with Crippen LogP contribution < -0.4 is 5.73 Å². The predicted octanol–water partition coefficient (Wildman–Crippen LogP) is -0.468. The Labute approximate surface area is 95.1 Å². The van der Waals surface area contributed by atoms with Crippen molar-refractivity contribution in [2.45, 2.75) is 23.9 Å². The lowest BCUT2D eigenvalue weighted by atomic mass is 10.1. The molecule has 1 atom stereocenters. The number of rotatable bonds is 2. The molecule has 0 bridgehead atoms. The lowest BCUT2D eigenvalue weighted by molar-refractivity contribution is 0.315. The van der Waals surface area contributed by atoms with E-state index < -0.39 is 10.0 Å². The molecule has 16 heavy (non-hydrogen) atoms. The van der Waals surface area contributed by atoms with Crippen LogP contribution in [-0.2, 0) is 17.1 Å². The van der Waals surface area contributed by atoms with Gasteiger partial charge in [-0.1, -0.05) is 0 Å². The van der Waals surface area contributed by atoms with Crippen molar-refractivity contribution in [1.29, 1.82) is 0 Å². The first-order chi connectivity index (χ1) is 7.50. The summed E-state index contributed by atoms with van der Waals surface area (Å²) in [5.41, 5.74) is 5.77. The Balaban J connectivity index is 2.25. The molecule has 0 aromatic carbocycles. The van der Waals surface area contributed by atoms with E-state index in [-0.39, 0.29) is 11.1 Å². The molecule has 0 amide bonds. The molecule has 2 rings (SSSR count). The summed E-state index contributed by atoms with van der Waals surface area (Å²) in [6.07, 6.45) is 4.69. The maximum atomic E-state index is 12.1. The summed E-state index contributed by atoms with van der Waals surface area (Å²) in [4.78, 5) is 3.88. The first-order valence-electron chi connectivity index (χ1n) is 5.24. The van der Waals surface area contributed by atoms with E-state index in [1.807, 2.05) is 0 Å². The molecule has 2 N–H and O–H groups in total. The molecule has 7 heteroatoms. The van der Waals surface area contributed by atoms with Gasteiger partial charge in [0.1, 0.15) is 0 Å². The van der Waals surface area contributed by atoms with Gasteiger partial charge in [0, 0.05) is 32.4 Å². The molecule has 1 aromatic rings. The monoisotopic (exact) mass is 244 g/mol. The van der Waals surface area contributed by atoms with Crippen molar-refractivity contribution in [2.24, 2.45) is 12.8 Å². The molecular weight excluding hydrogens is 228 g/mol. The van der Waals surface area contributed by atoms with Crippen LogP contribution in [0.1, 0.15) is 12.8 Å². The van der Waals surface area contributed by atoms with E-state index in [0.29, 0.717) is 13.1 Å². The molecule has 0 aliphatic carbocycles. The maximum absolute atomic E-state index is 12.1. The van der Waals surface area contributed by atoms with Crippen LogP contribution in [0.15, 0.2) is 17.6 Å². The van der Waals surface area contributed by atoms with Gasteiger partial charge < -0.3 is 10.3 Å². The standard InChI is InChI=1S/C9H16N4O2S/c1-12-6-9(11-7-12)16(14,15)13-4-2-3-8(10)5-13/h6-8H,2-5,10H2,1H3. The number of aryl methyl sites for hydroxylation is 1. The first kappa shape index (κ1) is 11.6. The zero-order valence-electron chi connectivity index (χ0n) is 9.20. The molecule has 0 saturated carbocycles. The van der Waals surface area contributed by atoms with Crippen molar-refractivity contribution in [1.82, 2.24) is 13.9 Å². The van der Waals surface area contributed by atoms with Crippen molar-refractivity contribution in [3.63, 3.8) is 0 Å². The van der Waals surface area contributed by atoms with Crippen molar-refractivity contribution in [2.75, 3.05) is 13.1 Å². The molecule has 0 radical (unpaired) electrons. The van der Waals surface area contributed by atoms with E-state index in [9.17, 15) is 8.42 Å². The van der Waals surface area contributed by atoms with Crippen LogP contribution >= 0.6 is 0 Å². The zero-order valence-corrected chi connectivity index (χ0v) is 10.0. The van der Waals surface area contributed by atoms with Gasteiger partial charge in [0.2, 0.25) is 0 Å². The fourth-order valence-electron chi connectivity index (χ4n) is 1.85. The number of nitrogens with zero attached hydrogens (tertiary/aromatic N) is 3. The summed E-state index contributed by atoms with van der Waals surface area (Å²) in [5, 5.41) is 0.101. The van der Waals surface area contributed by atoms with Crippen LogP contribution in [0.25, 0.3) is 0 Å². The summed E-state index contributed by atoms with van der Waals surface area (Å²) in [6, 6.07) is -0.0627. The molecule has 0 spiro atoms. The average molecular weight is 244 g/mol. The third-order valence-corrected chi connectivity index (χ3v) is 4.46. The number of piperidine rings is 1. The second kappa shape index (κ2) is 4.15. The molecule has 2 heterocycles. The van der Waals surface area contributed by atoms with Gasteiger partial charge in [-0.05, 0) is 12.8 Å². The number of hydrogen-bond acceptors (Lipinski definition) is 4. The Bertz CT molecular complexity index is 468. The third-order valence-electron chi connectivity index (χ3n) is 2.71. The number of hydrogen-bond donors (Lipinski definition) is 1. The van der Waals surface area contributed by atoms with Crippen LogP contribution in [0.3, 0.4) is 0 Å². The van der Waals surface area contributed by atoms with Crippen molar-refractivity contribution >= 4 is 10.0 Å². The molecule has 1 aliphatic heterocycles. The number of sulfonamides is 1. The highest BCUT2D eigenvalue weighted by Gasteiger charge is 2.30. The zero-order chi connectivity index (χ0) is 11.8. The second-order valence-electron chi connectivity index (χ2n) is 4.14. The number of aromatic nitrogens is 2. The minimum absolute atomic E-state index is 0.0627. The van der Waals surface area contributed by atoms with Crippen LogP contribution in [0.2, 0.25) is 0 Å². The van der Waals surface area contributed by atoms with E-state index in [0.717, 1.165) is 12.8 Å². The SMILES string of the molecule is Cn1cnc(S(=O)(=O)N2CCCC(N)C2)c1. The number of imidazole rings is 1. The van der Waals surface area contributed by atoms with Crippen molar-refractivity contribution in [3.8, 4) is 0 Å². The molecule has 90 valence electrons. The fourth-order valence-corrected chi connectivity index (χ4v) is 3.35. The van der Waals surface area contributed by atoms with Gasteiger partial charge in [-0.2, -0.15) is 4.31 Å². The summed E-state index contributed by atoms with van der Waals surface area (Å²) >= 11 is 0. The second-order valence-corrected chi connectivity index (χ2v) is 6.03. The van der Waals surface area contributed by atoms with E-state index in [2.05, 4.69) is 4.98 Å². The lowest BCUT2D eigenvalue weighted by Crippen LogP contribution is -2.45. The van der Waals surface area contributed by atoms with Gasteiger partial charge in [0.05, 0.1) is 6.33 Å². The van der Waals surface area contributed by atoms with E-state index >= 15 is 0 Å². The number of nitrogens with two attached hydrogens (primary N) is 1. The smallest absolute Gasteiger partial charge is 0.262 e. The van der Waals surface area contributed by atoms with E-state index in [1.54, 1.807) is 11.6 Å². The normalized spacial score (nSPS) is 23.5. The Morgan fingerprint density at radius 1 is 1.56 bits per heavy atom. The quantitative estimate of drug-likeness (QED) is 0.762. The molecule has 6 nitrogen and oxygen atoms in total. The Morgan fingerprint density at radius 3 is 2.88 bits per heavy atom. The van der Waals surface area contributed by atoms with Gasteiger partial charge >= 0.3 is 0 Å². The van der Waals surface area contributed by atoms with Crippen molar-refractivity contribution < 1.29 is 8.42 Å². The molecule has 1 aromatic heterocycles. The average Bonchev–Trinajstić information content (AvgIpc) is 2.65. The Morgan fingerprint density at radius 2 is 2.31 bits per heavy atom. The summed E-state index contributed by atoms with van der Waals surface area (Å²) in [6.45, 7) is 0.922. The first-order valence-corrected chi connectivity index (χ1v) is 6.68. The van der Waals surface area contributed by atoms with Crippen LogP contribution in [0.5, 0.6) is 0 Å². The topological polar surface area (TPSA) is 81.2 Å². The molecular formula is C9H16N4O2S. The van der Waals surface area contributed by atoms with Gasteiger partial charge in [0.25, 0.3) is 10.0 Å². The summed E-state index contributed by atoms with van der Waals surface area (Å²) in [7, 11) is -1.71. The minimum Gasteiger partial charge on any atom is -0.339 e. The van der Waals surface area contributed by atoms with E-state index in [1.165, 1.54) is 16.8 Å². The summed E-state index contributed by atoms with van der Waals surface area (Å²) in [5.74, 6) is 0. The van der Waals surface area contributed by atoms with E-state index in [4.69, 9.17) is 5.73 Å². The van der Waals surface area contributed by atoms with Crippen LogP contribution in [0, 0.1) is 0 Å².